The van der Waals surface area contributed by atoms with Gasteiger partial charge in [0.05, 0.1) is 6.54 Å². The molecule has 0 saturated carbocycles. The van der Waals surface area contributed by atoms with Crippen LogP contribution in [0.3, 0.4) is 0 Å². The van der Waals surface area contributed by atoms with Crippen LogP contribution in [0.4, 0.5) is 17.6 Å². The van der Waals surface area contributed by atoms with Crippen LogP contribution in [0.1, 0.15) is 12.8 Å². The molecule has 0 rings (SSSR count). The van der Waals surface area contributed by atoms with Crippen molar-refractivity contribution >= 4 is 0 Å². The minimum atomic E-state index is -3.95. The molecule has 0 unspecified atom stereocenters. The maximum Gasteiger partial charge on any atom is 0.319 e. The molecule has 5 heteroatoms. The Kier molecular flexibility index (Phi) is 5.47. The SMILES string of the molecule is C#CCCCNCC(F)(F)C(F)F. The van der Waals surface area contributed by atoms with Crippen LogP contribution >= 0.6 is 0 Å². The lowest BCUT2D eigenvalue weighted by Gasteiger charge is -2.15. The second-order valence-electron chi connectivity index (χ2n) is 2.55. The Morgan fingerprint density at radius 2 is 2.00 bits per heavy atom. The molecule has 0 bridgehead atoms. The van der Waals surface area contributed by atoms with Crippen LogP contribution in [-0.4, -0.2) is 25.4 Å². The van der Waals surface area contributed by atoms with Crippen molar-refractivity contribution < 1.29 is 17.6 Å². The normalized spacial score (nSPS) is 11.7. The quantitative estimate of drug-likeness (QED) is 0.389. The fourth-order valence-corrected chi connectivity index (χ4v) is 0.648. The molecule has 0 amide bonds. The molecule has 0 aliphatic carbocycles. The van der Waals surface area contributed by atoms with E-state index in [-0.39, 0.29) is 6.54 Å². The van der Waals surface area contributed by atoms with Gasteiger partial charge in [0.1, 0.15) is 0 Å². The Hall–Kier alpha value is -0.760. The summed E-state index contributed by atoms with van der Waals surface area (Å²) in [5.41, 5.74) is 0. The zero-order valence-corrected chi connectivity index (χ0v) is 6.99. The smallest absolute Gasteiger partial charge is 0.311 e. The van der Waals surface area contributed by atoms with E-state index in [4.69, 9.17) is 6.42 Å². The summed E-state index contributed by atoms with van der Waals surface area (Å²) < 4.78 is 47.5. The standard InChI is InChI=1S/C8H11F4N/c1-2-3-4-5-13-6-8(11,12)7(9)10/h1,7,13H,3-6H2. The van der Waals surface area contributed by atoms with Gasteiger partial charge in [-0.15, -0.1) is 12.3 Å². The van der Waals surface area contributed by atoms with Gasteiger partial charge in [-0.2, -0.15) is 8.78 Å². The van der Waals surface area contributed by atoms with Gasteiger partial charge in [0.25, 0.3) is 0 Å². The second kappa shape index (κ2) is 5.81. The van der Waals surface area contributed by atoms with Crippen molar-refractivity contribution in [2.75, 3.05) is 13.1 Å². The van der Waals surface area contributed by atoms with Crippen molar-refractivity contribution in [3.05, 3.63) is 0 Å². The van der Waals surface area contributed by atoms with E-state index in [1.54, 1.807) is 0 Å². The van der Waals surface area contributed by atoms with Gasteiger partial charge < -0.3 is 5.32 Å². The molecule has 0 saturated heterocycles. The van der Waals surface area contributed by atoms with Gasteiger partial charge >= 0.3 is 12.3 Å². The Morgan fingerprint density at radius 1 is 1.38 bits per heavy atom. The number of halogens is 4. The van der Waals surface area contributed by atoms with Crippen molar-refractivity contribution in [1.82, 2.24) is 5.32 Å². The Morgan fingerprint density at radius 3 is 2.46 bits per heavy atom. The molecule has 1 N–H and O–H groups in total. The topological polar surface area (TPSA) is 12.0 Å². The average molecular weight is 197 g/mol. The molecule has 0 heterocycles. The molecule has 76 valence electrons. The average Bonchev–Trinajstić information content (AvgIpc) is 2.03. The van der Waals surface area contributed by atoms with Crippen molar-refractivity contribution in [2.45, 2.75) is 25.2 Å². The van der Waals surface area contributed by atoms with Crippen molar-refractivity contribution in [3.63, 3.8) is 0 Å². The summed E-state index contributed by atoms with van der Waals surface area (Å²) in [5.74, 6) is -1.64. The Balaban J connectivity index is 3.48. The summed E-state index contributed by atoms with van der Waals surface area (Å²) in [6, 6.07) is 0. The summed E-state index contributed by atoms with van der Waals surface area (Å²) in [6.45, 7) is -0.776. The number of terminal acetylenes is 1. The summed E-state index contributed by atoms with van der Waals surface area (Å²) in [7, 11) is 0. The molecule has 13 heavy (non-hydrogen) atoms. The summed E-state index contributed by atoms with van der Waals surface area (Å²) in [5, 5.41) is 2.22. The van der Waals surface area contributed by atoms with E-state index in [1.807, 2.05) is 0 Å². The minimum absolute atomic E-state index is 0.229. The first kappa shape index (κ1) is 12.2. The summed E-state index contributed by atoms with van der Waals surface area (Å²) in [6.07, 6.45) is 2.24. The van der Waals surface area contributed by atoms with E-state index in [0.717, 1.165) is 0 Å². The van der Waals surface area contributed by atoms with Gasteiger partial charge in [-0.3, -0.25) is 0 Å². The highest BCUT2D eigenvalue weighted by Crippen LogP contribution is 2.21. The third-order valence-corrected chi connectivity index (χ3v) is 1.35. The number of hydrogen-bond donors (Lipinski definition) is 1. The van der Waals surface area contributed by atoms with Crippen LogP contribution in [0.5, 0.6) is 0 Å². The first-order valence-electron chi connectivity index (χ1n) is 3.81. The number of alkyl halides is 4. The van der Waals surface area contributed by atoms with Crippen molar-refractivity contribution in [2.24, 2.45) is 0 Å². The molecular formula is C8H11F4N. The highest BCUT2D eigenvalue weighted by Gasteiger charge is 2.39. The van der Waals surface area contributed by atoms with Gasteiger partial charge in [-0.25, -0.2) is 8.78 Å². The van der Waals surface area contributed by atoms with Crippen molar-refractivity contribution in [3.8, 4) is 12.3 Å². The van der Waals surface area contributed by atoms with Crippen LogP contribution in [0.25, 0.3) is 0 Å². The first-order chi connectivity index (χ1) is 6.00. The van der Waals surface area contributed by atoms with E-state index in [1.165, 1.54) is 0 Å². The molecule has 0 aromatic rings. The van der Waals surface area contributed by atoms with Crippen LogP contribution < -0.4 is 5.32 Å². The first-order valence-corrected chi connectivity index (χ1v) is 3.81. The summed E-state index contributed by atoms with van der Waals surface area (Å²) in [4.78, 5) is 0. The molecule has 0 aromatic heterocycles. The lowest BCUT2D eigenvalue weighted by Crippen LogP contribution is -2.39. The molecule has 0 atom stereocenters. The fourth-order valence-electron chi connectivity index (χ4n) is 0.648. The number of hydrogen-bond acceptors (Lipinski definition) is 1. The van der Waals surface area contributed by atoms with Crippen LogP contribution in [0, 0.1) is 12.3 Å². The van der Waals surface area contributed by atoms with E-state index < -0.39 is 18.9 Å². The highest BCUT2D eigenvalue weighted by atomic mass is 19.3. The molecule has 0 radical (unpaired) electrons. The Labute approximate surface area is 74.5 Å². The zero-order chi connectivity index (χ0) is 10.3. The van der Waals surface area contributed by atoms with E-state index >= 15 is 0 Å². The van der Waals surface area contributed by atoms with Gasteiger partial charge in [0, 0.05) is 6.42 Å². The molecular weight excluding hydrogens is 186 g/mol. The molecule has 0 spiro atoms. The lowest BCUT2D eigenvalue weighted by atomic mass is 10.3. The predicted octanol–water partition coefficient (Wildman–Crippen LogP) is 1.89. The minimum Gasteiger partial charge on any atom is -0.311 e. The molecule has 0 aromatic carbocycles. The van der Waals surface area contributed by atoms with Gasteiger partial charge in [-0.1, -0.05) is 0 Å². The number of unbranched alkanes of at least 4 members (excludes halogenated alkanes) is 1. The number of rotatable bonds is 6. The zero-order valence-electron chi connectivity index (χ0n) is 6.99. The van der Waals surface area contributed by atoms with Crippen LogP contribution in [-0.2, 0) is 0 Å². The molecule has 1 nitrogen and oxygen atoms in total. The second-order valence-corrected chi connectivity index (χ2v) is 2.55. The van der Waals surface area contributed by atoms with Crippen LogP contribution in [0.2, 0.25) is 0 Å². The maximum atomic E-state index is 12.2. The number of nitrogens with one attached hydrogen (secondary N) is 1. The predicted molar refractivity (Wildman–Crippen MR) is 41.9 cm³/mol. The monoisotopic (exact) mass is 197 g/mol. The van der Waals surface area contributed by atoms with Gasteiger partial charge in [-0.05, 0) is 13.0 Å². The van der Waals surface area contributed by atoms with Crippen LogP contribution in [0.15, 0.2) is 0 Å². The third kappa shape index (κ3) is 5.47. The van der Waals surface area contributed by atoms with Gasteiger partial charge in [0.2, 0.25) is 0 Å². The van der Waals surface area contributed by atoms with Crippen molar-refractivity contribution in [1.29, 1.82) is 0 Å². The van der Waals surface area contributed by atoms with E-state index in [0.29, 0.717) is 12.8 Å². The summed E-state index contributed by atoms with van der Waals surface area (Å²) >= 11 is 0. The maximum absolute atomic E-state index is 12.2. The Bertz CT molecular complexity index is 173. The molecule has 0 aliphatic rings. The van der Waals surface area contributed by atoms with E-state index in [9.17, 15) is 17.6 Å². The van der Waals surface area contributed by atoms with Gasteiger partial charge in [0.15, 0.2) is 0 Å². The van der Waals surface area contributed by atoms with E-state index in [2.05, 4.69) is 11.2 Å². The highest BCUT2D eigenvalue weighted by molar-refractivity contribution is 4.83. The third-order valence-electron chi connectivity index (χ3n) is 1.35. The molecule has 0 aliphatic heterocycles. The lowest BCUT2D eigenvalue weighted by molar-refractivity contribution is -0.125. The molecule has 0 fully saturated rings. The largest absolute Gasteiger partial charge is 0.319 e. The fraction of sp³-hybridized carbons (Fsp3) is 0.750.